The number of hydrogen-bond acceptors (Lipinski definition) is 7. The van der Waals surface area contributed by atoms with Gasteiger partial charge in [0, 0.05) is 13.0 Å². The first-order valence-electron chi connectivity index (χ1n) is 12.3. The van der Waals surface area contributed by atoms with E-state index in [4.69, 9.17) is 11.5 Å². The Bertz CT molecular complexity index is 982. The Balaban J connectivity index is 2.14. The van der Waals surface area contributed by atoms with Gasteiger partial charge in [-0.05, 0) is 55.7 Å². The Kier molecular flexibility index (Phi) is 10.9. The molecule has 12 heteroatoms. The Morgan fingerprint density at radius 3 is 2.24 bits per heavy atom. The number of carbonyl (C=O) groups excluding carboxylic acids is 4. The molecular weight excluding hydrogens is 482 g/mol. The van der Waals surface area contributed by atoms with E-state index in [0.717, 1.165) is 5.56 Å². The molecule has 1 fully saturated rings. The van der Waals surface area contributed by atoms with Crippen LogP contribution in [-0.2, 0) is 30.4 Å². The molecule has 1 aliphatic heterocycles. The van der Waals surface area contributed by atoms with Crippen LogP contribution in [0.25, 0.3) is 0 Å². The fourth-order valence-electron chi connectivity index (χ4n) is 4.26. The number of carboxylic acids is 1. The fraction of sp³-hybridized carbons (Fsp3) is 0.560. The topological polar surface area (TPSA) is 205 Å². The molecule has 1 heterocycles. The van der Waals surface area contributed by atoms with Gasteiger partial charge in [-0.3, -0.25) is 19.2 Å². The molecule has 12 nitrogen and oxygen atoms in total. The van der Waals surface area contributed by atoms with Crippen molar-refractivity contribution < 1.29 is 34.2 Å². The van der Waals surface area contributed by atoms with Gasteiger partial charge < -0.3 is 37.2 Å². The molecule has 37 heavy (non-hydrogen) atoms. The monoisotopic (exact) mass is 519 g/mol. The van der Waals surface area contributed by atoms with Crippen molar-refractivity contribution in [3.8, 4) is 5.75 Å². The first-order valence-corrected chi connectivity index (χ1v) is 12.3. The number of rotatable bonds is 13. The summed E-state index contributed by atoms with van der Waals surface area (Å²) in [5.41, 5.74) is 12.0. The van der Waals surface area contributed by atoms with E-state index < -0.39 is 53.8 Å². The maximum Gasteiger partial charge on any atom is 0.326 e. The Hall–Kier alpha value is -3.67. The number of aliphatic carboxylic acids is 1. The summed E-state index contributed by atoms with van der Waals surface area (Å²) in [5.74, 6) is -3.56. The van der Waals surface area contributed by atoms with Crippen molar-refractivity contribution >= 4 is 29.6 Å². The molecule has 1 aromatic rings. The van der Waals surface area contributed by atoms with Gasteiger partial charge in [-0.25, -0.2) is 4.79 Å². The van der Waals surface area contributed by atoms with Crippen molar-refractivity contribution in [3.05, 3.63) is 29.8 Å². The highest BCUT2D eigenvalue weighted by atomic mass is 16.4. The summed E-state index contributed by atoms with van der Waals surface area (Å²) in [4.78, 5) is 63.3. The Labute approximate surface area is 215 Å². The number of carbonyl (C=O) groups is 5. The number of hydrogen-bond donors (Lipinski definition) is 6. The maximum atomic E-state index is 13.2. The molecule has 4 amide bonds. The van der Waals surface area contributed by atoms with Crippen LogP contribution in [0.5, 0.6) is 5.75 Å². The quantitative estimate of drug-likeness (QED) is 0.202. The van der Waals surface area contributed by atoms with Crippen LogP contribution < -0.4 is 22.1 Å². The standard InChI is InChI=1S/C25H37N5O7/c1-14(2)12-19(29-22(33)17(26)13-15-5-7-16(31)8-6-15)23(34)28-18(9-10-21(27)32)24(35)30-11-3-4-20(30)25(36)37/h5-8,14,17-20,31H,3-4,9-13,26H2,1-2H3,(H2,27,32)(H,28,34)(H,29,33)(H,36,37). The average molecular weight is 520 g/mol. The number of nitrogens with zero attached hydrogens (tertiary/aromatic N) is 1. The van der Waals surface area contributed by atoms with Crippen molar-refractivity contribution in [1.82, 2.24) is 15.5 Å². The lowest BCUT2D eigenvalue weighted by atomic mass is 10.0. The number of likely N-dealkylation sites (tertiary alicyclic amines) is 1. The molecule has 0 radical (unpaired) electrons. The minimum atomic E-state index is -1.18. The van der Waals surface area contributed by atoms with E-state index in [9.17, 15) is 34.2 Å². The van der Waals surface area contributed by atoms with Gasteiger partial charge in [-0.15, -0.1) is 0 Å². The van der Waals surface area contributed by atoms with Crippen LogP contribution in [0.3, 0.4) is 0 Å². The summed E-state index contributed by atoms with van der Waals surface area (Å²) >= 11 is 0. The molecule has 0 bridgehead atoms. The lowest BCUT2D eigenvalue weighted by molar-refractivity contribution is -0.149. The highest BCUT2D eigenvalue weighted by molar-refractivity contribution is 5.94. The first-order chi connectivity index (χ1) is 17.4. The largest absolute Gasteiger partial charge is 0.508 e. The van der Waals surface area contributed by atoms with E-state index in [1.807, 2.05) is 13.8 Å². The predicted octanol–water partition coefficient (Wildman–Crippen LogP) is -0.381. The minimum absolute atomic E-state index is 0.000818. The zero-order valence-corrected chi connectivity index (χ0v) is 21.2. The molecule has 1 aliphatic rings. The molecule has 0 spiro atoms. The van der Waals surface area contributed by atoms with Crippen molar-refractivity contribution in [2.75, 3.05) is 6.54 Å². The molecule has 0 aliphatic carbocycles. The molecule has 2 rings (SSSR count). The number of carboxylic acid groups (broad SMARTS) is 1. The van der Waals surface area contributed by atoms with Crippen LogP contribution in [-0.4, -0.2) is 75.4 Å². The van der Waals surface area contributed by atoms with Crippen LogP contribution in [0.2, 0.25) is 0 Å². The van der Waals surface area contributed by atoms with E-state index in [2.05, 4.69) is 10.6 Å². The van der Waals surface area contributed by atoms with Gasteiger partial charge in [0.15, 0.2) is 0 Å². The van der Waals surface area contributed by atoms with E-state index in [0.29, 0.717) is 12.8 Å². The molecule has 0 aromatic heterocycles. The number of phenols is 1. The molecule has 4 atom stereocenters. The summed E-state index contributed by atoms with van der Waals surface area (Å²) in [7, 11) is 0. The third-order valence-electron chi connectivity index (χ3n) is 6.18. The van der Waals surface area contributed by atoms with Gasteiger partial charge in [-0.1, -0.05) is 26.0 Å². The Morgan fingerprint density at radius 2 is 1.68 bits per heavy atom. The number of aromatic hydroxyl groups is 1. The molecule has 204 valence electrons. The van der Waals surface area contributed by atoms with Gasteiger partial charge in [0.1, 0.15) is 23.9 Å². The minimum Gasteiger partial charge on any atom is -0.508 e. The zero-order chi connectivity index (χ0) is 27.7. The van der Waals surface area contributed by atoms with E-state index in [1.54, 1.807) is 12.1 Å². The van der Waals surface area contributed by atoms with E-state index in [-0.39, 0.29) is 43.9 Å². The van der Waals surface area contributed by atoms with Crippen LogP contribution in [0.1, 0.15) is 51.5 Å². The predicted molar refractivity (Wildman–Crippen MR) is 134 cm³/mol. The van der Waals surface area contributed by atoms with Gasteiger partial charge in [0.05, 0.1) is 6.04 Å². The van der Waals surface area contributed by atoms with E-state index in [1.165, 1.54) is 17.0 Å². The van der Waals surface area contributed by atoms with Gasteiger partial charge in [0.2, 0.25) is 23.6 Å². The molecule has 0 saturated carbocycles. The SMILES string of the molecule is CC(C)CC(NC(=O)C(N)Cc1ccc(O)cc1)C(=O)NC(CCC(N)=O)C(=O)N1CCCC1C(=O)O. The second-order valence-corrected chi connectivity index (χ2v) is 9.76. The molecule has 1 saturated heterocycles. The molecule has 8 N–H and O–H groups in total. The van der Waals surface area contributed by atoms with Crippen LogP contribution in [0.15, 0.2) is 24.3 Å². The van der Waals surface area contributed by atoms with Crippen molar-refractivity contribution in [2.45, 2.75) is 76.5 Å². The summed E-state index contributed by atoms with van der Waals surface area (Å²) < 4.78 is 0. The summed E-state index contributed by atoms with van der Waals surface area (Å²) in [6, 6.07) is 2.05. The third-order valence-corrected chi connectivity index (χ3v) is 6.18. The summed E-state index contributed by atoms with van der Waals surface area (Å²) in [6.07, 6.45) is 0.925. The summed E-state index contributed by atoms with van der Waals surface area (Å²) in [6.45, 7) is 3.94. The highest BCUT2D eigenvalue weighted by Crippen LogP contribution is 2.20. The van der Waals surface area contributed by atoms with Crippen molar-refractivity contribution in [3.63, 3.8) is 0 Å². The lowest BCUT2D eigenvalue weighted by Crippen LogP contribution is -2.57. The van der Waals surface area contributed by atoms with Gasteiger partial charge >= 0.3 is 5.97 Å². The number of amides is 4. The van der Waals surface area contributed by atoms with Crippen LogP contribution in [0, 0.1) is 5.92 Å². The lowest BCUT2D eigenvalue weighted by Gasteiger charge is -2.29. The number of primary amides is 1. The molecule has 1 aromatic carbocycles. The normalized spacial score (nSPS) is 17.6. The number of phenolic OH excluding ortho intramolecular Hbond substituents is 1. The van der Waals surface area contributed by atoms with Crippen LogP contribution >= 0.6 is 0 Å². The highest BCUT2D eigenvalue weighted by Gasteiger charge is 2.38. The molecular formula is C25H37N5O7. The molecule has 4 unspecified atom stereocenters. The first kappa shape index (κ1) is 29.6. The third kappa shape index (κ3) is 9.05. The second kappa shape index (κ2) is 13.6. The fourth-order valence-corrected chi connectivity index (χ4v) is 4.26. The van der Waals surface area contributed by atoms with Gasteiger partial charge in [-0.2, -0.15) is 0 Å². The van der Waals surface area contributed by atoms with E-state index >= 15 is 0 Å². The smallest absolute Gasteiger partial charge is 0.326 e. The van der Waals surface area contributed by atoms with Gasteiger partial charge in [0.25, 0.3) is 0 Å². The maximum absolute atomic E-state index is 13.2. The number of benzene rings is 1. The Morgan fingerprint density at radius 1 is 1.05 bits per heavy atom. The number of nitrogens with two attached hydrogens (primary N) is 2. The van der Waals surface area contributed by atoms with Crippen molar-refractivity contribution in [2.24, 2.45) is 17.4 Å². The average Bonchev–Trinajstić information content (AvgIpc) is 3.32. The second-order valence-electron chi connectivity index (χ2n) is 9.76. The van der Waals surface area contributed by atoms with Crippen LogP contribution in [0.4, 0.5) is 0 Å². The zero-order valence-electron chi connectivity index (χ0n) is 21.2. The van der Waals surface area contributed by atoms with Crippen molar-refractivity contribution in [1.29, 1.82) is 0 Å². The summed E-state index contributed by atoms with van der Waals surface area (Å²) in [5, 5.41) is 24.1. The number of nitrogens with one attached hydrogen (secondary N) is 2.